The molecule has 6 nitrogen and oxygen atoms in total. The monoisotopic (exact) mass is 375 g/mol. The molecule has 28 heavy (non-hydrogen) atoms. The maximum atomic E-state index is 13.1. The summed E-state index contributed by atoms with van der Waals surface area (Å²) in [6.45, 7) is 4.62. The largest absolute Gasteiger partial charge is 0.288 e. The Kier molecular flexibility index (Phi) is 5.79. The van der Waals surface area contributed by atoms with Crippen LogP contribution in [0.2, 0.25) is 0 Å². The van der Waals surface area contributed by atoms with Crippen molar-refractivity contribution in [3.05, 3.63) is 99.7 Å². The number of pyridine rings is 1. The van der Waals surface area contributed by atoms with E-state index >= 15 is 0 Å². The molecule has 0 aliphatic rings. The molecule has 6 heteroatoms. The van der Waals surface area contributed by atoms with E-state index in [4.69, 9.17) is 0 Å². The number of benzene rings is 2. The molecular weight excluding hydrogens is 354 g/mol. The molecule has 2 aromatic carbocycles. The van der Waals surface area contributed by atoms with Gasteiger partial charge in [0.15, 0.2) is 0 Å². The van der Waals surface area contributed by atoms with Gasteiger partial charge in [0.25, 0.3) is 11.6 Å². The summed E-state index contributed by atoms with van der Waals surface area (Å²) in [7, 11) is 0. The normalized spacial score (nSPS) is 10.7. The van der Waals surface area contributed by atoms with E-state index in [0.29, 0.717) is 23.8 Å². The molecule has 1 amide bonds. The molecule has 3 aromatic rings. The lowest BCUT2D eigenvalue weighted by Crippen LogP contribution is -2.31. The van der Waals surface area contributed by atoms with E-state index in [-0.39, 0.29) is 11.6 Å². The van der Waals surface area contributed by atoms with Gasteiger partial charge in [-0.25, -0.2) is 4.98 Å². The highest BCUT2D eigenvalue weighted by Crippen LogP contribution is 2.21. The molecule has 0 saturated heterocycles. The second kappa shape index (κ2) is 8.43. The molecule has 0 atom stereocenters. The van der Waals surface area contributed by atoms with Crippen LogP contribution in [0.3, 0.4) is 0 Å². The summed E-state index contributed by atoms with van der Waals surface area (Å²) >= 11 is 0. The van der Waals surface area contributed by atoms with Gasteiger partial charge < -0.3 is 0 Å². The summed E-state index contributed by atoms with van der Waals surface area (Å²) in [4.78, 5) is 29.4. The highest BCUT2D eigenvalue weighted by molar-refractivity contribution is 6.05. The molecule has 0 radical (unpaired) electrons. The molecule has 1 heterocycles. The maximum Gasteiger partial charge on any atom is 0.269 e. The fourth-order valence-corrected chi connectivity index (χ4v) is 2.84. The molecule has 0 N–H and O–H groups in total. The van der Waals surface area contributed by atoms with Gasteiger partial charge in [0.05, 0.1) is 11.5 Å². The average Bonchev–Trinajstić information content (AvgIpc) is 2.72. The minimum atomic E-state index is -0.485. The fraction of sp³-hybridized carbons (Fsp3) is 0.182. The number of anilines is 1. The quantitative estimate of drug-likeness (QED) is 0.451. The zero-order valence-corrected chi connectivity index (χ0v) is 15.8. The van der Waals surface area contributed by atoms with Gasteiger partial charge in [-0.3, -0.25) is 19.8 Å². The van der Waals surface area contributed by atoms with Crippen LogP contribution in [0.5, 0.6) is 0 Å². The van der Waals surface area contributed by atoms with E-state index in [1.165, 1.54) is 29.8 Å². The first-order chi connectivity index (χ1) is 13.5. The van der Waals surface area contributed by atoms with E-state index < -0.39 is 4.92 Å². The molecule has 0 aliphatic carbocycles. The Morgan fingerprint density at radius 3 is 2.25 bits per heavy atom. The number of rotatable bonds is 6. The lowest BCUT2D eigenvalue weighted by atomic mass is 10.0. The van der Waals surface area contributed by atoms with Crippen LogP contribution in [-0.2, 0) is 6.54 Å². The van der Waals surface area contributed by atoms with Gasteiger partial charge in [-0.15, -0.1) is 0 Å². The Morgan fingerprint density at radius 2 is 1.71 bits per heavy atom. The van der Waals surface area contributed by atoms with Gasteiger partial charge in [-0.05, 0) is 41.3 Å². The number of nitro benzene ring substituents is 1. The van der Waals surface area contributed by atoms with E-state index in [9.17, 15) is 14.9 Å². The topological polar surface area (TPSA) is 76.3 Å². The number of hydrogen-bond acceptors (Lipinski definition) is 4. The molecule has 0 bridgehead atoms. The van der Waals surface area contributed by atoms with Crippen molar-refractivity contribution in [3.63, 3.8) is 0 Å². The summed E-state index contributed by atoms with van der Waals surface area (Å²) in [6, 6.07) is 19.1. The first-order valence-electron chi connectivity index (χ1n) is 9.02. The molecule has 3 rings (SSSR count). The summed E-state index contributed by atoms with van der Waals surface area (Å²) in [5.41, 5.74) is 2.53. The van der Waals surface area contributed by atoms with Crippen LogP contribution in [0.25, 0.3) is 0 Å². The van der Waals surface area contributed by atoms with Crippen molar-refractivity contribution in [1.82, 2.24) is 4.98 Å². The Hall–Kier alpha value is -3.54. The second-order valence-corrected chi connectivity index (χ2v) is 6.78. The third kappa shape index (κ3) is 4.40. The number of nitrogens with zero attached hydrogens (tertiary/aromatic N) is 3. The summed E-state index contributed by atoms with van der Waals surface area (Å²) in [5, 5.41) is 10.9. The van der Waals surface area contributed by atoms with Gasteiger partial charge in [0.2, 0.25) is 0 Å². The minimum Gasteiger partial charge on any atom is -0.288 e. The number of carbonyl (C=O) groups is 1. The smallest absolute Gasteiger partial charge is 0.269 e. The SMILES string of the molecule is CC(C)c1ccc(CN(C(=O)c2ccc([N+](=O)[O-])cc2)c2ccccn2)cc1. The Morgan fingerprint density at radius 1 is 1.04 bits per heavy atom. The van der Waals surface area contributed by atoms with Crippen molar-refractivity contribution in [2.75, 3.05) is 4.90 Å². The highest BCUT2D eigenvalue weighted by atomic mass is 16.6. The molecular formula is C22H21N3O3. The maximum absolute atomic E-state index is 13.1. The molecule has 0 saturated carbocycles. The van der Waals surface area contributed by atoms with E-state index in [1.54, 1.807) is 23.2 Å². The Balaban J connectivity index is 1.90. The average molecular weight is 375 g/mol. The number of amides is 1. The second-order valence-electron chi connectivity index (χ2n) is 6.78. The predicted octanol–water partition coefficient (Wildman–Crippen LogP) is 4.96. The number of hydrogen-bond donors (Lipinski definition) is 0. The molecule has 1 aromatic heterocycles. The van der Waals surface area contributed by atoms with Crippen molar-refractivity contribution < 1.29 is 9.72 Å². The molecule has 0 aliphatic heterocycles. The van der Waals surface area contributed by atoms with Crippen molar-refractivity contribution in [2.45, 2.75) is 26.3 Å². The summed E-state index contributed by atoms with van der Waals surface area (Å²) < 4.78 is 0. The van der Waals surface area contributed by atoms with Crippen molar-refractivity contribution in [3.8, 4) is 0 Å². The first-order valence-corrected chi connectivity index (χ1v) is 9.02. The summed E-state index contributed by atoms with van der Waals surface area (Å²) in [6.07, 6.45) is 1.63. The fourth-order valence-electron chi connectivity index (χ4n) is 2.84. The molecule has 0 fully saturated rings. The van der Waals surface area contributed by atoms with E-state index in [2.05, 4.69) is 31.0 Å². The predicted molar refractivity (Wildman–Crippen MR) is 108 cm³/mol. The van der Waals surface area contributed by atoms with E-state index in [0.717, 1.165) is 5.56 Å². The number of non-ortho nitro benzene ring substituents is 1. The minimum absolute atomic E-state index is 0.0507. The van der Waals surface area contributed by atoms with Crippen LogP contribution in [0.4, 0.5) is 11.5 Å². The standard InChI is InChI=1S/C22H21N3O3/c1-16(2)18-8-6-17(7-9-18)15-24(21-5-3-4-14-23-21)22(26)19-10-12-20(13-11-19)25(27)28/h3-14,16H,15H2,1-2H3. The zero-order chi connectivity index (χ0) is 20.1. The third-order valence-electron chi connectivity index (χ3n) is 4.48. The van der Waals surface area contributed by atoms with Crippen molar-refractivity contribution in [1.29, 1.82) is 0 Å². The Labute approximate surface area is 163 Å². The molecule has 0 unspecified atom stereocenters. The highest BCUT2D eigenvalue weighted by Gasteiger charge is 2.20. The van der Waals surface area contributed by atoms with Gasteiger partial charge >= 0.3 is 0 Å². The van der Waals surface area contributed by atoms with Gasteiger partial charge in [0, 0.05) is 23.9 Å². The van der Waals surface area contributed by atoms with Crippen LogP contribution >= 0.6 is 0 Å². The van der Waals surface area contributed by atoms with Crippen molar-refractivity contribution >= 4 is 17.4 Å². The van der Waals surface area contributed by atoms with Crippen LogP contribution in [0.15, 0.2) is 72.9 Å². The van der Waals surface area contributed by atoms with Crippen molar-refractivity contribution in [2.24, 2.45) is 0 Å². The molecule has 142 valence electrons. The van der Waals surface area contributed by atoms with Gasteiger partial charge in [-0.1, -0.05) is 44.2 Å². The third-order valence-corrected chi connectivity index (χ3v) is 4.48. The zero-order valence-electron chi connectivity index (χ0n) is 15.8. The number of aromatic nitrogens is 1. The Bertz CT molecular complexity index is 953. The lowest BCUT2D eigenvalue weighted by molar-refractivity contribution is -0.384. The van der Waals surface area contributed by atoms with E-state index in [1.807, 2.05) is 18.2 Å². The van der Waals surface area contributed by atoms with Crippen LogP contribution in [0, 0.1) is 10.1 Å². The van der Waals surface area contributed by atoms with Gasteiger partial charge in [-0.2, -0.15) is 0 Å². The van der Waals surface area contributed by atoms with Crippen LogP contribution < -0.4 is 4.90 Å². The summed E-state index contributed by atoms with van der Waals surface area (Å²) in [5.74, 6) is 0.697. The number of carbonyl (C=O) groups excluding carboxylic acids is 1. The van der Waals surface area contributed by atoms with Crippen LogP contribution in [0.1, 0.15) is 41.3 Å². The van der Waals surface area contributed by atoms with Gasteiger partial charge in [0.1, 0.15) is 5.82 Å². The molecule has 0 spiro atoms. The first kappa shape index (κ1) is 19.2. The van der Waals surface area contributed by atoms with Crippen LogP contribution in [-0.4, -0.2) is 15.8 Å². The lowest BCUT2D eigenvalue weighted by Gasteiger charge is -2.22. The number of nitro groups is 1.